The molecule has 1 fully saturated rings. The Kier molecular flexibility index (Phi) is 5.69. The minimum absolute atomic E-state index is 0.0300. The van der Waals surface area contributed by atoms with E-state index in [1.54, 1.807) is 17.3 Å². The minimum atomic E-state index is -0.723. The molecule has 0 radical (unpaired) electrons. The first-order valence-corrected chi connectivity index (χ1v) is 10.8. The highest BCUT2D eigenvalue weighted by molar-refractivity contribution is 6.07. The molecule has 0 unspecified atom stereocenters. The molecule has 0 saturated carbocycles. The van der Waals surface area contributed by atoms with Gasteiger partial charge in [-0.05, 0) is 36.4 Å². The molecule has 5 rings (SSSR count). The van der Waals surface area contributed by atoms with E-state index in [-0.39, 0.29) is 17.8 Å². The molecule has 33 heavy (non-hydrogen) atoms. The smallest absolute Gasteiger partial charge is 0.254 e. The number of para-hydroxylation sites is 1. The summed E-state index contributed by atoms with van der Waals surface area (Å²) in [5.74, 6) is -1.41. The Labute approximate surface area is 189 Å². The number of hydrogen-bond donors (Lipinski definition) is 0. The average molecular weight is 445 g/mol. The predicted molar refractivity (Wildman–Crippen MR) is 121 cm³/mol. The van der Waals surface area contributed by atoms with E-state index in [4.69, 9.17) is 9.72 Å². The van der Waals surface area contributed by atoms with Crippen molar-refractivity contribution in [3.8, 4) is 17.0 Å². The molecule has 1 saturated heterocycles. The number of likely N-dealkylation sites (tertiary alicyclic amines) is 1. The van der Waals surface area contributed by atoms with Crippen LogP contribution in [-0.4, -0.2) is 40.0 Å². The molecule has 5 nitrogen and oxygen atoms in total. The van der Waals surface area contributed by atoms with E-state index in [1.807, 2.05) is 42.5 Å². The standard InChI is InChI=1S/C26H21F2N3O2/c27-18-7-8-25(22(28)14-18)33-19-9-12-31(13-10-19)26(32)21-15-24(17-4-3-11-29-16-17)30-23-6-2-1-5-20(21)23/h1-8,11,14-16,19H,9-10,12-13H2. The number of aromatic nitrogens is 2. The fourth-order valence-corrected chi connectivity index (χ4v) is 4.11. The van der Waals surface area contributed by atoms with Crippen molar-refractivity contribution in [3.05, 3.63) is 90.3 Å². The summed E-state index contributed by atoms with van der Waals surface area (Å²) < 4.78 is 32.8. The third kappa shape index (κ3) is 4.39. The Morgan fingerprint density at radius 3 is 2.58 bits per heavy atom. The average Bonchev–Trinajstić information content (AvgIpc) is 2.85. The molecule has 0 N–H and O–H groups in total. The summed E-state index contributed by atoms with van der Waals surface area (Å²) in [4.78, 5) is 24.2. The molecule has 3 heterocycles. The number of hydrogen-bond acceptors (Lipinski definition) is 4. The number of rotatable bonds is 4. The first-order chi connectivity index (χ1) is 16.1. The van der Waals surface area contributed by atoms with Gasteiger partial charge in [0.25, 0.3) is 5.91 Å². The van der Waals surface area contributed by atoms with E-state index in [2.05, 4.69) is 4.98 Å². The monoisotopic (exact) mass is 445 g/mol. The molecular weight excluding hydrogens is 424 g/mol. The van der Waals surface area contributed by atoms with Gasteiger partial charge < -0.3 is 9.64 Å². The van der Waals surface area contributed by atoms with E-state index in [0.717, 1.165) is 22.5 Å². The van der Waals surface area contributed by atoms with Crippen molar-refractivity contribution < 1.29 is 18.3 Å². The molecule has 166 valence electrons. The molecule has 0 bridgehead atoms. The van der Waals surface area contributed by atoms with Gasteiger partial charge in [0.15, 0.2) is 11.6 Å². The molecule has 2 aromatic heterocycles. The second kappa shape index (κ2) is 8.94. The number of nitrogens with zero attached hydrogens (tertiary/aromatic N) is 3. The summed E-state index contributed by atoms with van der Waals surface area (Å²) in [5, 5.41) is 0.793. The number of piperidine rings is 1. The van der Waals surface area contributed by atoms with E-state index in [0.29, 0.717) is 37.2 Å². The van der Waals surface area contributed by atoms with Crippen LogP contribution in [0.15, 0.2) is 73.1 Å². The Morgan fingerprint density at radius 1 is 1.00 bits per heavy atom. The predicted octanol–water partition coefficient (Wildman–Crippen LogP) is 5.26. The summed E-state index contributed by atoms with van der Waals surface area (Å²) >= 11 is 0. The maximum atomic E-state index is 13.9. The van der Waals surface area contributed by atoms with Crippen molar-refractivity contribution in [2.24, 2.45) is 0 Å². The fraction of sp³-hybridized carbons (Fsp3) is 0.192. The molecule has 1 aliphatic heterocycles. The lowest BCUT2D eigenvalue weighted by atomic mass is 10.0. The Bertz CT molecular complexity index is 1310. The second-order valence-electron chi connectivity index (χ2n) is 8.00. The van der Waals surface area contributed by atoms with Crippen LogP contribution in [0.4, 0.5) is 8.78 Å². The molecule has 2 aromatic carbocycles. The van der Waals surface area contributed by atoms with Crippen molar-refractivity contribution in [1.29, 1.82) is 0 Å². The maximum Gasteiger partial charge on any atom is 0.254 e. The fourth-order valence-electron chi connectivity index (χ4n) is 4.11. The van der Waals surface area contributed by atoms with Crippen LogP contribution in [0.3, 0.4) is 0 Å². The van der Waals surface area contributed by atoms with Crippen molar-refractivity contribution in [1.82, 2.24) is 14.9 Å². The normalized spacial score (nSPS) is 14.4. The van der Waals surface area contributed by atoms with E-state index in [9.17, 15) is 13.6 Å². The summed E-state index contributed by atoms with van der Waals surface area (Å²) in [6, 6.07) is 16.4. The van der Waals surface area contributed by atoms with Crippen molar-refractivity contribution in [2.45, 2.75) is 18.9 Å². The van der Waals surface area contributed by atoms with Gasteiger partial charge in [0.1, 0.15) is 11.9 Å². The number of benzene rings is 2. The summed E-state index contributed by atoms with van der Waals surface area (Å²) in [6.07, 6.45) is 4.29. The highest BCUT2D eigenvalue weighted by Crippen LogP contribution is 2.27. The van der Waals surface area contributed by atoms with Gasteiger partial charge >= 0.3 is 0 Å². The Balaban J connectivity index is 1.36. The highest BCUT2D eigenvalue weighted by Gasteiger charge is 2.27. The maximum absolute atomic E-state index is 13.9. The van der Waals surface area contributed by atoms with Crippen LogP contribution in [0.1, 0.15) is 23.2 Å². The van der Waals surface area contributed by atoms with Crippen molar-refractivity contribution >= 4 is 16.8 Å². The lowest BCUT2D eigenvalue weighted by Gasteiger charge is -2.32. The SMILES string of the molecule is O=C(c1cc(-c2cccnc2)nc2ccccc12)N1CCC(Oc2ccc(F)cc2F)CC1. The first kappa shape index (κ1) is 21.0. The number of carbonyl (C=O) groups excluding carboxylic acids is 1. The zero-order valence-electron chi connectivity index (χ0n) is 17.7. The highest BCUT2D eigenvalue weighted by atomic mass is 19.1. The molecule has 0 aliphatic carbocycles. The van der Waals surface area contributed by atoms with Gasteiger partial charge in [-0.25, -0.2) is 13.8 Å². The van der Waals surface area contributed by atoms with Crippen LogP contribution in [0.25, 0.3) is 22.2 Å². The summed E-state index contributed by atoms with van der Waals surface area (Å²) in [7, 11) is 0. The Morgan fingerprint density at radius 2 is 1.82 bits per heavy atom. The van der Waals surface area contributed by atoms with E-state index >= 15 is 0 Å². The van der Waals surface area contributed by atoms with Gasteiger partial charge in [-0.2, -0.15) is 0 Å². The number of ether oxygens (including phenoxy) is 1. The number of fused-ring (bicyclic) bond motifs is 1. The lowest BCUT2D eigenvalue weighted by Crippen LogP contribution is -2.42. The zero-order valence-corrected chi connectivity index (χ0v) is 17.7. The third-order valence-electron chi connectivity index (χ3n) is 5.82. The third-order valence-corrected chi connectivity index (χ3v) is 5.82. The van der Waals surface area contributed by atoms with Gasteiger partial charge in [-0.15, -0.1) is 0 Å². The van der Waals surface area contributed by atoms with Gasteiger partial charge in [0, 0.05) is 55.3 Å². The number of halogens is 2. The van der Waals surface area contributed by atoms with Crippen molar-refractivity contribution in [2.75, 3.05) is 13.1 Å². The minimum Gasteiger partial charge on any atom is -0.487 e. The quantitative estimate of drug-likeness (QED) is 0.430. The van der Waals surface area contributed by atoms with Crippen LogP contribution in [0, 0.1) is 11.6 Å². The van der Waals surface area contributed by atoms with E-state index < -0.39 is 11.6 Å². The van der Waals surface area contributed by atoms with Crippen LogP contribution in [-0.2, 0) is 0 Å². The number of carbonyl (C=O) groups is 1. The van der Waals surface area contributed by atoms with Crippen LogP contribution >= 0.6 is 0 Å². The largest absolute Gasteiger partial charge is 0.487 e. The topological polar surface area (TPSA) is 55.3 Å². The van der Waals surface area contributed by atoms with Crippen LogP contribution in [0.5, 0.6) is 5.75 Å². The van der Waals surface area contributed by atoms with Gasteiger partial charge in [-0.1, -0.05) is 18.2 Å². The molecule has 1 aliphatic rings. The summed E-state index contributed by atoms with van der Waals surface area (Å²) in [5.41, 5.74) is 2.86. The van der Waals surface area contributed by atoms with E-state index in [1.165, 1.54) is 12.1 Å². The number of pyridine rings is 2. The van der Waals surface area contributed by atoms with Crippen LogP contribution in [0.2, 0.25) is 0 Å². The molecule has 4 aromatic rings. The molecule has 7 heteroatoms. The van der Waals surface area contributed by atoms with Gasteiger partial charge in [0.2, 0.25) is 0 Å². The lowest BCUT2D eigenvalue weighted by molar-refractivity contribution is 0.0590. The molecule has 0 atom stereocenters. The molecule has 1 amide bonds. The van der Waals surface area contributed by atoms with Crippen molar-refractivity contribution in [3.63, 3.8) is 0 Å². The Hall–Kier alpha value is -3.87. The summed E-state index contributed by atoms with van der Waals surface area (Å²) in [6.45, 7) is 0.955. The molecular formula is C26H21F2N3O2. The molecule has 0 spiro atoms. The second-order valence-corrected chi connectivity index (χ2v) is 8.00. The first-order valence-electron chi connectivity index (χ1n) is 10.8. The van der Waals surface area contributed by atoms with Crippen LogP contribution < -0.4 is 4.74 Å². The zero-order chi connectivity index (χ0) is 22.8. The van der Waals surface area contributed by atoms with Gasteiger partial charge in [-0.3, -0.25) is 9.78 Å². The number of amides is 1. The van der Waals surface area contributed by atoms with Gasteiger partial charge in [0.05, 0.1) is 16.8 Å².